The van der Waals surface area contributed by atoms with Gasteiger partial charge in [-0.2, -0.15) is 0 Å². The van der Waals surface area contributed by atoms with Crippen molar-refractivity contribution >= 4 is 17.9 Å². The third kappa shape index (κ3) is 7.71. The molecule has 0 N–H and O–H groups in total. The second kappa shape index (κ2) is 14.4. The summed E-state index contributed by atoms with van der Waals surface area (Å²) in [6, 6.07) is 33.5. The minimum Gasteiger partial charge on any atom is -0.459 e. The molecule has 0 spiro atoms. The third-order valence-electron chi connectivity index (χ3n) is 6.76. The van der Waals surface area contributed by atoms with E-state index >= 15 is 4.39 Å². The number of hydrogen-bond acceptors (Lipinski definition) is 8. The third-order valence-corrected chi connectivity index (χ3v) is 6.76. The van der Waals surface area contributed by atoms with Gasteiger partial charge in [0.2, 0.25) is 6.36 Å². The molecule has 0 bridgehead atoms. The molecule has 0 amide bonds. The molecule has 1 fully saturated rings. The smallest absolute Gasteiger partial charge is 0.338 e. The molecule has 0 aromatic heterocycles. The maximum atomic E-state index is 15.8. The number of hydrogen-bond donors (Lipinski definition) is 0. The highest BCUT2D eigenvalue weighted by atomic mass is 19.1. The number of halogens is 1. The molecule has 1 saturated heterocycles. The Kier molecular flexibility index (Phi) is 9.89. The molecule has 8 nitrogen and oxygen atoms in total. The van der Waals surface area contributed by atoms with Crippen LogP contribution in [0.3, 0.4) is 0 Å². The van der Waals surface area contributed by atoms with Gasteiger partial charge >= 0.3 is 17.9 Å². The second-order valence-corrected chi connectivity index (χ2v) is 9.72. The molecule has 220 valence electrons. The summed E-state index contributed by atoms with van der Waals surface area (Å²) in [6.45, 7) is -0.534. The molecular formula is C34H29FO8. The normalized spacial score (nSPS) is 21.4. The Morgan fingerprint density at radius 1 is 0.581 bits per heavy atom. The van der Waals surface area contributed by atoms with E-state index in [0.29, 0.717) is 0 Å². The second-order valence-electron chi connectivity index (χ2n) is 9.72. The molecule has 1 heterocycles. The highest BCUT2D eigenvalue weighted by Gasteiger charge is 2.52. The molecule has 5 rings (SSSR count). The highest BCUT2D eigenvalue weighted by Crippen LogP contribution is 2.31. The summed E-state index contributed by atoms with van der Waals surface area (Å²) < 4.78 is 44.4. The number of esters is 3. The van der Waals surface area contributed by atoms with Crippen molar-refractivity contribution in [3.63, 3.8) is 0 Å². The van der Waals surface area contributed by atoms with Gasteiger partial charge < -0.3 is 23.7 Å². The van der Waals surface area contributed by atoms with Gasteiger partial charge in [0.05, 0.1) is 23.3 Å². The van der Waals surface area contributed by atoms with Gasteiger partial charge in [0.15, 0.2) is 18.3 Å². The Morgan fingerprint density at radius 3 is 1.53 bits per heavy atom. The Morgan fingerprint density at radius 2 is 1.02 bits per heavy atom. The molecule has 1 aliphatic heterocycles. The Hall–Kier alpha value is -4.86. The van der Waals surface area contributed by atoms with Crippen LogP contribution in [0.2, 0.25) is 0 Å². The van der Waals surface area contributed by atoms with Gasteiger partial charge in [-0.1, -0.05) is 84.9 Å². The van der Waals surface area contributed by atoms with E-state index < -0.39 is 55.3 Å². The molecular weight excluding hydrogens is 555 g/mol. The number of carbonyl (C=O) groups excluding carboxylic acids is 3. The molecule has 0 saturated carbocycles. The molecule has 9 heteroatoms. The lowest BCUT2D eigenvalue weighted by atomic mass is 9.98. The monoisotopic (exact) mass is 584 g/mol. The van der Waals surface area contributed by atoms with Crippen LogP contribution in [0.1, 0.15) is 36.6 Å². The fourth-order valence-electron chi connectivity index (χ4n) is 4.57. The van der Waals surface area contributed by atoms with Crippen molar-refractivity contribution in [1.82, 2.24) is 0 Å². The number of alkyl halides is 1. The predicted molar refractivity (Wildman–Crippen MR) is 153 cm³/mol. The summed E-state index contributed by atoms with van der Waals surface area (Å²) >= 11 is 0. The van der Waals surface area contributed by atoms with Crippen molar-refractivity contribution in [1.29, 1.82) is 0 Å². The summed E-state index contributed by atoms with van der Waals surface area (Å²) in [5.41, 5.74) is 1.41. The standard InChI is InChI=1S/C34H29FO8/c35-31-30(39-21-23-13-5-1-6-14-23)29(43-34(38)26-19-11-4-12-20-26)28(42-33(37)25-17-9-3-10-18-25)27(41-31)22-40-32(36)24-15-7-2-8-16-24/h1-20,27-31H,21-22H2/t27?,28-,29+,30?,31+/m1/s1. The molecule has 2 unspecified atom stereocenters. The summed E-state index contributed by atoms with van der Waals surface area (Å²) in [7, 11) is 0. The average molecular weight is 585 g/mol. The van der Waals surface area contributed by atoms with Gasteiger partial charge in [-0.3, -0.25) is 0 Å². The van der Waals surface area contributed by atoms with Crippen LogP contribution in [0, 0.1) is 0 Å². The van der Waals surface area contributed by atoms with Crippen LogP contribution in [0.25, 0.3) is 0 Å². The lowest BCUT2D eigenvalue weighted by molar-refractivity contribution is -0.274. The van der Waals surface area contributed by atoms with Crippen LogP contribution in [0.5, 0.6) is 0 Å². The average Bonchev–Trinajstić information content (AvgIpc) is 3.06. The maximum Gasteiger partial charge on any atom is 0.338 e. The van der Waals surface area contributed by atoms with Crippen molar-refractivity contribution in [3.05, 3.63) is 144 Å². The topological polar surface area (TPSA) is 97.4 Å². The zero-order valence-electron chi connectivity index (χ0n) is 23.0. The number of benzene rings is 4. The van der Waals surface area contributed by atoms with E-state index in [-0.39, 0.29) is 23.3 Å². The van der Waals surface area contributed by atoms with Crippen LogP contribution >= 0.6 is 0 Å². The summed E-state index contributed by atoms with van der Waals surface area (Å²) in [5, 5.41) is 0. The van der Waals surface area contributed by atoms with Gasteiger partial charge in [0.25, 0.3) is 0 Å². The van der Waals surface area contributed by atoms with E-state index in [1.54, 1.807) is 115 Å². The molecule has 5 atom stereocenters. The van der Waals surface area contributed by atoms with Crippen molar-refractivity contribution in [2.24, 2.45) is 0 Å². The van der Waals surface area contributed by atoms with Crippen molar-refractivity contribution in [2.45, 2.75) is 37.4 Å². The van der Waals surface area contributed by atoms with Crippen molar-refractivity contribution < 1.29 is 42.5 Å². The quantitative estimate of drug-likeness (QED) is 0.176. The predicted octanol–water partition coefficient (Wildman–Crippen LogP) is 5.57. The largest absolute Gasteiger partial charge is 0.459 e. The molecule has 43 heavy (non-hydrogen) atoms. The molecule has 1 aliphatic rings. The van der Waals surface area contributed by atoms with Gasteiger partial charge in [0.1, 0.15) is 12.7 Å². The zero-order valence-corrected chi connectivity index (χ0v) is 23.0. The van der Waals surface area contributed by atoms with E-state index in [4.69, 9.17) is 23.7 Å². The molecule has 0 radical (unpaired) electrons. The molecule has 0 aliphatic carbocycles. The van der Waals surface area contributed by atoms with Gasteiger partial charge in [-0.05, 0) is 42.0 Å². The van der Waals surface area contributed by atoms with E-state index in [1.165, 1.54) is 0 Å². The maximum absolute atomic E-state index is 15.8. The first-order chi connectivity index (χ1) is 21.0. The summed E-state index contributed by atoms with van der Waals surface area (Å²) in [6.07, 6.45) is -7.81. The van der Waals surface area contributed by atoms with Gasteiger partial charge in [0, 0.05) is 0 Å². The first-order valence-electron chi connectivity index (χ1n) is 13.7. The van der Waals surface area contributed by atoms with E-state index in [9.17, 15) is 14.4 Å². The van der Waals surface area contributed by atoms with E-state index in [2.05, 4.69) is 0 Å². The SMILES string of the molecule is O=C(OCC1O[C@H](F)C(OCc2ccccc2)[C@@H](OC(=O)c2ccccc2)[C@@H]1OC(=O)c1ccccc1)c1ccccc1. The first kappa shape index (κ1) is 29.6. The van der Waals surface area contributed by atoms with Gasteiger partial charge in [-0.15, -0.1) is 0 Å². The Bertz CT molecular complexity index is 1480. The highest BCUT2D eigenvalue weighted by molar-refractivity contribution is 5.91. The lowest BCUT2D eigenvalue weighted by Crippen LogP contribution is -2.61. The number of carbonyl (C=O) groups is 3. The molecule has 4 aromatic carbocycles. The van der Waals surface area contributed by atoms with Crippen LogP contribution < -0.4 is 0 Å². The van der Waals surface area contributed by atoms with Crippen LogP contribution in [-0.2, 0) is 30.3 Å². The fraction of sp³-hybridized carbons (Fsp3) is 0.206. The summed E-state index contributed by atoms with van der Waals surface area (Å²) in [5.74, 6) is -2.24. The zero-order chi connectivity index (χ0) is 30.0. The lowest BCUT2D eigenvalue weighted by Gasteiger charge is -2.42. The Balaban J connectivity index is 1.45. The van der Waals surface area contributed by atoms with Crippen LogP contribution in [0.15, 0.2) is 121 Å². The first-order valence-corrected chi connectivity index (χ1v) is 13.7. The van der Waals surface area contributed by atoms with Crippen LogP contribution in [-0.4, -0.2) is 55.3 Å². The minimum absolute atomic E-state index is 0.0400. The van der Waals surface area contributed by atoms with E-state index in [1.807, 2.05) is 6.07 Å². The van der Waals surface area contributed by atoms with Crippen molar-refractivity contribution in [2.75, 3.05) is 6.61 Å². The van der Waals surface area contributed by atoms with E-state index in [0.717, 1.165) is 5.56 Å². The summed E-state index contributed by atoms with van der Waals surface area (Å²) in [4.78, 5) is 39.2. The fourth-order valence-corrected chi connectivity index (χ4v) is 4.57. The number of rotatable bonds is 10. The molecule has 4 aromatic rings. The minimum atomic E-state index is -2.12. The van der Waals surface area contributed by atoms with Gasteiger partial charge in [-0.25, -0.2) is 18.8 Å². The number of ether oxygens (including phenoxy) is 5. The van der Waals surface area contributed by atoms with Crippen LogP contribution in [0.4, 0.5) is 4.39 Å². The van der Waals surface area contributed by atoms with Crippen molar-refractivity contribution in [3.8, 4) is 0 Å². The Labute approximate surface area is 247 Å².